The summed E-state index contributed by atoms with van der Waals surface area (Å²) < 4.78 is 0. The first kappa shape index (κ1) is 24.0. The van der Waals surface area contributed by atoms with Crippen molar-refractivity contribution in [2.45, 2.75) is 58.0 Å². The Morgan fingerprint density at radius 1 is 1.13 bits per heavy atom. The van der Waals surface area contributed by atoms with E-state index in [1.54, 1.807) is 23.5 Å². The fraction of sp³-hybridized carbons (Fsp3) is 0.360. The first-order valence-corrected chi connectivity index (χ1v) is 11.5. The van der Waals surface area contributed by atoms with Crippen molar-refractivity contribution in [1.29, 1.82) is 0 Å². The molecule has 1 heterocycles. The first-order valence-electron chi connectivity index (χ1n) is 10.7. The van der Waals surface area contributed by atoms with Crippen molar-refractivity contribution in [3.8, 4) is 11.3 Å². The predicted molar refractivity (Wildman–Crippen MR) is 125 cm³/mol. The SMILES string of the molecule is CC(C)c1ccc(-c2csc(N(Cc3ccc(C(=O)O)cc3)C3CCCC3)n2)cc1.[H-].[Na+]. The van der Waals surface area contributed by atoms with Gasteiger partial charge in [-0.3, -0.25) is 0 Å². The molecule has 2 aromatic carbocycles. The summed E-state index contributed by atoms with van der Waals surface area (Å²) in [5.74, 6) is -0.363. The fourth-order valence-electron chi connectivity index (χ4n) is 4.09. The Hall–Kier alpha value is -1.66. The van der Waals surface area contributed by atoms with Crippen LogP contribution in [0.1, 0.15) is 68.4 Å². The van der Waals surface area contributed by atoms with Gasteiger partial charge in [0.05, 0.1) is 11.3 Å². The van der Waals surface area contributed by atoms with E-state index in [0.29, 0.717) is 17.5 Å². The molecule has 1 fully saturated rings. The van der Waals surface area contributed by atoms with Crippen molar-refractivity contribution in [3.05, 3.63) is 70.6 Å². The van der Waals surface area contributed by atoms with E-state index in [1.807, 2.05) is 12.1 Å². The molecular formula is C25H29N2NaO2S. The Morgan fingerprint density at radius 2 is 1.77 bits per heavy atom. The van der Waals surface area contributed by atoms with Gasteiger partial charge in [0.15, 0.2) is 5.13 Å². The summed E-state index contributed by atoms with van der Waals surface area (Å²) in [6, 6.07) is 16.4. The van der Waals surface area contributed by atoms with Crippen LogP contribution >= 0.6 is 11.3 Å². The first-order chi connectivity index (χ1) is 14.5. The third-order valence-corrected chi connectivity index (χ3v) is 6.81. The maximum Gasteiger partial charge on any atom is 1.00 e. The molecule has 4 rings (SSSR count). The van der Waals surface area contributed by atoms with Gasteiger partial charge in [0, 0.05) is 23.5 Å². The Bertz CT molecular complexity index is 1000. The van der Waals surface area contributed by atoms with Crippen LogP contribution in [0.5, 0.6) is 0 Å². The average molecular weight is 445 g/mol. The second-order valence-electron chi connectivity index (χ2n) is 8.36. The summed E-state index contributed by atoms with van der Waals surface area (Å²) in [6.45, 7) is 5.17. The number of carboxylic acid groups (broad SMARTS) is 1. The Balaban J connectivity index is 0.00000181. The van der Waals surface area contributed by atoms with Gasteiger partial charge in [0.2, 0.25) is 0 Å². The van der Waals surface area contributed by atoms with Crippen LogP contribution in [-0.2, 0) is 6.54 Å². The molecule has 1 N–H and O–H groups in total. The molecule has 3 aromatic rings. The van der Waals surface area contributed by atoms with Crippen molar-refractivity contribution in [2.75, 3.05) is 4.90 Å². The van der Waals surface area contributed by atoms with Gasteiger partial charge in [-0.2, -0.15) is 0 Å². The zero-order chi connectivity index (χ0) is 21.1. The Labute approximate surface area is 212 Å². The number of carboxylic acids is 1. The molecule has 0 atom stereocenters. The monoisotopic (exact) mass is 444 g/mol. The maximum atomic E-state index is 11.1. The van der Waals surface area contributed by atoms with Crippen molar-refractivity contribution < 1.29 is 40.9 Å². The molecule has 0 amide bonds. The summed E-state index contributed by atoms with van der Waals surface area (Å²) in [5, 5.41) is 12.3. The number of anilines is 1. The molecule has 1 aliphatic carbocycles. The van der Waals surface area contributed by atoms with Gasteiger partial charge in [-0.15, -0.1) is 11.3 Å². The number of hydrogen-bond donors (Lipinski definition) is 1. The smallest absolute Gasteiger partial charge is 1.00 e. The third kappa shape index (κ3) is 5.78. The second-order valence-corrected chi connectivity index (χ2v) is 9.20. The molecule has 158 valence electrons. The van der Waals surface area contributed by atoms with E-state index in [-0.39, 0.29) is 31.0 Å². The number of thiazole rings is 1. The maximum absolute atomic E-state index is 11.1. The van der Waals surface area contributed by atoms with E-state index in [9.17, 15) is 4.79 Å². The molecule has 1 aromatic heterocycles. The molecule has 0 bridgehead atoms. The van der Waals surface area contributed by atoms with E-state index in [1.165, 1.54) is 31.2 Å². The van der Waals surface area contributed by atoms with E-state index in [2.05, 4.69) is 48.4 Å². The van der Waals surface area contributed by atoms with Crippen molar-refractivity contribution in [1.82, 2.24) is 4.98 Å². The van der Waals surface area contributed by atoms with Gasteiger partial charge in [0.25, 0.3) is 0 Å². The molecule has 1 saturated carbocycles. The van der Waals surface area contributed by atoms with Crippen molar-refractivity contribution >= 4 is 22.4 Å². The zero-order valence-electron chi connectivity index (χ0n) is 19.5. The molecule has 6 heteroatoms. The van der Waals surface area contributed by atoms with Gasteiger partial charge < -0.3 is 11.4 Å². The van der Waals surface area contributed by atoms with Crippen molar-refractivity contribution in [3.63, 3.8) is 0 Å². The van der Waals surface area contributed by atoms with Crippen LogP contribution in [0.15, 0.2) is 53.9 Å². The van der Waals surface area contributed by atoms with Crippen LogP contribution in [0.3, 0.4) is 0 Å². The minimum Gasteiger partial charge on any atom is -1.00 e. The summed E-state index contributed by atoms with van der Waals surface area (Å²) in [7, 11) is 0. The minimum absolute atomic E-state index is 0. The van der Waals surface area contributed by atoms with E-state index >= 15 is 0 Å². The number of aromatic nitrogens is 1. The van der Waals surface area contributed by atoms with E-state index in [4.69, 9.17) is 10.1 Å². The number of hydrogen-bond acceptors (Lipinski definition) is 4. The molecule has 4 nitrogen and oxygen atoms in total. The Kier molecular flexibility index (Phi) is 8.34. The second kappa shape index (κ2) is 10.8. The molecule has 31 heavy (non-hydrogen) atoms. The van der Waals surface area contributed by atoms with E-state index in [0.717, 1.165) is 28.5 Å². The van der Waals surface area contributed by atoms with Crippen LogP contribution in [0.4, 0.5) is 5.13 Å². The van der Waals surface area contributed by atoms with Crippen LogP contribution in [0, 0.1) is 0 Å². The van der Waals surface area contributed by atoms with Gasteiger partial charge >= 0.3 is 35.5 Å². The topological polar surface area (TPSA) is 53.4 Å². The van der Waals surface area contributed by atoms with Crippen LogP contribution in [0.25, 0.3) is 11.3 Å². The number of rotatable bonds is 7. The van der Waals surface area contributed by atoms with Crippen LogP contribution in [0.2, 0.25) is 0 Å². The largest absolute Gasteiger partial charge is 1.00 e. The number of aromatic carboxylic acids is 1. The van der Waals surface area contributed by atoms with Gasteiger partial charge in [0.1, 0.15) is 0 Å². The number of nitrogens with zero attached hydrogens (tertiary/aromatic N) is 2. The predicted octanol–water partition coefficient (Wildman–Crippen LogP) is 3.70. The van der Waals surface area contributed by atoms with Gasteiger partial charge in [-0.25, -0.2) is 9.78 Å². The zero-order valence-corrected chi connectivity index (χ0v) is 21.4. The van der Waals surface area contributed by atoms with Crippen LogP contribution in [-0.4, -0.2) is 22.1 Å². The van der Waals surface area contributed by atoms with E-state index < -0.39 is 5.97 Å². The minimum atomic E-state index is -0.887. The number of benzene rings is 2. The third-order valence-electron chi connectivity index (χ3n) is 5.93. The quantitative estimate of drug-likeness (QED) is 0.565. The number of carbonyl (C=O) groups is 1. The Morgan fingerprint density at radius 3 is 2.35 bits per heavy atom. The molecule has 0 spiro atoms. The summed E-state index contributed by atoms with van der Waals surface area (Å²) in [5.41, 5.74) is 4.96. The standard InChI is InChI=1S/C25H28N2O2S.Na.H/c1-17(2)19-11-13-20(14-12-19)23-16-30-25(26-23)27(22-5-3-4-6-22)15-18-7-9-21(10-8-18)24(28)29;;/h7-14,16-17,22H,3-6,15H2,1-2H3,(H,28,29);;/q;+1;-1. The fourth-order valence-corrected chi connectivity index (χ4v) is 4.99. The summed E-state index contributed by atoms with van der Waals surface area (Å²) in [4.78, 5) is 18.6. The average Bonchev–Trinajstić information content (AvgIpc) is 3.45. The summed E-state index contributed by atoms with van der Waals surface area (Å²) in [6.07, 6.45) is 4.89. The molecule has 0 unspecified atom stereocenters. The molecule has 0 saturated heterocycles. The normalized spacial score (nSPS) is 13.9. The van der Waals surface area contributed by atoms with Gasteiger partial charge in [-0.1, -0.05) is 63.1 Å². The molecule has 1 aliphatic rings. The molecule has 0 aliphatic heterocycles. The van der Waals surface area contributed by atoms with Crippen LogP contribution < -0.4 is 34.5 Å². The summed E-state index contributed by atoms with van der Waals surface area (Å²) >= 11 is 1.70. The van der Waals surface area contributed by atoms with Crippen molar-refractivity contribution in [2.24, 2.45) is 0 Å². The molecular weight excluding hydrogens is 415 g/mol. The molecule has 0 radical (unpaired) electrons. The van der Waals surface area contributed by atoms with Gasteiger partial charge in [-0.05, 0) is 42.0 Å².